The molecule has 0 bridgehead atoms. The molecule has 5 heteroatoms. The van der Waals surface area contributed by atoms with Gasteiger partial charge in [0.15, 0.2) is 0 Å². The zero-order valence-corrected chi connectivity index (χ0v) is 9.25. The standard InChI is InChI=1S/C10H12BClO3/c1-2-3-14-9-5-8(12)4-7-6-15-11(13)10(7)9/h4-5,13H,2-3,6H2,1H3. The summed E-state index contributed by atoms with van der Waals surface area (Å²) < 4.78 is 10.6. The van der Waals surface area contributed by atoms with Gasteiger partial charge >= 0.3 is 7.12 Å². The van der Waals surface area contributed by atoms with Crippen molar-refractivity contribution in [3.8, 4) is 5.75 Å². The summed E-state index contributed by atoms with van der Waals surface area (Å²) in [6.07, 6.45) is 0.915. The molecule has 0 aliphatic carbocycles. The highest BCUT2D eigenvalue weighted by molar-refractivity contribution is 6.62. The van der Waals surface area contributed by atoms with Crippen molar-refractivity contribution in [3.05, 3.63) is 22.7 Å². The Kier molecular flexibility index (Phi) is 3.19. The van der Waals surface area contributed by atoms with Crippen molar-refractivity contribution >= 4 is 24.2 Å². The van der Waals surface area contributed by atoms with Gasteiger partial charge in [-0.3, -0.25) is 0 Å². The maximum atomic E-state index is 9.61. The minimum absolute atomic E-state index is 0.388. The van der Waals surface area contributed by atoms with E-state index in [0.29, 0.717) is 29.4 Å². The lowest BCUT2D eigenvalue weighted by Gasteiger charge is -2.10. The molecule has 0 unspecified atom stereocenters. The molecule has 0 saturated heterocycles. The molecular formula is C10H12BClO3. The fourth-order valence-corrected chi connectivity index (χ4v) is 1.86. The highest BCUT2D eigenvalue weighted by Crippen LogP contribution is 2.24. The molecule has 3 nitrogen and oxygen atoms in total. The molecule has 1 heterocycles. The Morgan fingerprint density at radius 3 is 3.13 bits per heavy atom. The Morgan fingerprint density at radius 2 is 2.40 bits per heavy atom. The lowest BCUT2D eigenvalue weighted by molar-refractivity contribution is 0.274. The van der Waals surface area contributed by atoms with Crippen molar-refractivity contribution in [1.82, 2.24) is 0 Å². The topological polar surface area (TPSA) is 38.7 Å². The predicted octanol–water partition coefficient (Wildman–Crippen LogP) is 1.35. The largest absolute Gasteiger partial charge is 0.495 e. The zero-order chi connectivity index (χ0) is 10.8. The van der Waals surface area contributed by atoms with Crippen LogP contribution in [0.5, 0.6) is 5.75 Å². The number of benzene rings is 1. The minimum Gasteiger partial charge on any atom is -0.494 e. The summed E-state index contributed by atoms with van der Waals surface area (Å²) in [4.78, 5) is 0. The van der Waals surface area contributed by atoms with E-state index in [1.165, 1.54) is 0 Å². The van der Waals surface area contributed by atoms with E-state index in [4.69, 9.17) is 21.0 Å². The number of ether oxygens (including phenoxy) is 1. The van der Waals surface area contributed by atoms with E-state index in [1.54, 1.807) is 12.1 Å². The summed E-state index contributed by atoms with van der Waals surface area (Å²) in [6.45, 7) is 3.02. The van der Waals surface area contributed by atoms with Gasteiger partial charge in [-0.2, -0.15) is 0 Å². The first-order valence-electron chi connectivity index (χ1n) is 4.97. The van der Waals surface area contributed by atoms with Gasteiger partial charge < -0.3 is 14.4 Å². The number of hydrogen-bond acceptors (Lipinski definition) is 3. The van der Waals surface area contributed by atoms with Crippen LogP contribution < -0.4 is 10.2 Å². The van der Waals surface area contributed by atoms with E-state index in [2.05, 4.69) is 0 Å². The SMILES string of the molecule is CCCOc1cc(Cl)cc2c1B(O)OC2. The van der Waals surface area contributed by atoms with Crippen LogP contribution in [0.15, 0.2) is 12.1 Å². The quantitative estimate of drug-likeness (QED) is 0.791. The van der Waals surface area contributed by atoms with Crippen LogP contribution in [-0.4, -0.2) is 18.7 Å². The first kappa shape index (κ1) is 10.8. The summed E-state index contributed by atoms with van der Waals surface area (Å²) in [7, 11) is -0.885. The highest BCUT2D eigenvalue weighted by atomic mass is 35.5. The third-order valence-electron chi connectivity index (χ3n) is 2.30. The van der Waals surface area contributed by atoms with Gasteiger partial charge in [-0.1, -0.05) is 18.5 Å². The first-order valence-corrected chi connectivity index (χ1v) is 5.35. The number of fused-ring (bicyclic) bond motifs is 1. The lowest BCUT2D eigenvalue weighted by Crippen LogP contribution is -2.30. The summed E-state index contributed by atoms with van der Waals surface area (Å²) in [5.74, 6) is 0.629. The molecule has 0 amide bonds. The van der Waals surface area contributed by atoms with Crippen molar-refractivity contribution in [1.29, 1.82) is 0 Å². The molecule has 0 saturated carbocycles. The van der Waals surface area contributed by atoms with Crippen LogP contribution in [0, 0.1) is 0 Å². The van der Waals surface area contributed by atoms with Gasteiger partial charge in [0.1, 0.15) is 5.75 Å². The van der Waals surface area contributed by atoms with Crippen LogP contribution in [0.2, 0.25) is 5.02 Å². The number of halogens is 1. The van der Waals surface area contributed by atoms with Gasteiger partial charge in [-0.15, -0.1) is 0 Å². The normalized spacial score (nSPS) is 14.2. The summed E-state index contributed by atoms with van der Waals surface area (Å²) in [5, 5.41) is 10.2. The molecule has 0 aromatic heterocycles. The average molecular weight is 226 g/mol. The summed E-state index contributed by atoms with van der Waals surface area (Å²) in [5.41, 5.74) is 1.62. The second-order valence-electron chi connectivity index (χ2n) is 3.49. The third kappa shape index (κ3) is 2.12. The molecule has 1 aromatic carbocycles. The van der Waals surface area contributed by atoms with Gasteiger partial charge in [-0.25, -0.2) is 0 Å². The van der Waals surface area contributed by atoms with Crippen LogP contribution in [0.1, 0.15) is 18.9 Å². The lowest BCUT2D eigenvalue weighted by atomic mass is 9.79. The molecule has 0 atom stereocenters. The summed E-state index contributed by atoms with van der Waals surface area (Å²) in [6, 6.07) is 3.51. The van der Waals surface area contributed by atoms with Gasteiger partial charge in [0.2, 0.25) is 0 Å². The fraction of sp³-hybridized carbons (Fsp3) is 0.400. The van der Waals surface area contributed by atoms with E-state index in [9.17, 15) is 5.02 Å². The molecule has 80 valence electrons. The molecule has 1 aromatic rings. The maximum absolute atomic E-state index is 9.61. The Morgan fingerprint density at radius 1 is 1.60 bits per heavy atom. The Hall–Kier alpha value is -0.705. The molecule has 0 radical (unpaired) electrons. The van der Waals surface area contributed by atoms with E-state index in [-0.39, 0.29) is 0 Å². The van der Waals surface area contributed by atoms with Crippen LogP contribution in [-0.2, 0) is 11.3 Å². The molecular weight excluding hydrogens is 214 g/mol. The molecule has 2 rings (SSSR count). The van der Waals surface area contributed by atoms with Crippen molar-refractivity contribution in [3.63, 3.8) is 0 Å². The van der Waals surface area contributed by atoms with Crippen molar-refractivity contribution < 1.29 is 14.4 Å². The molecule has 0 fully saturated rings. The monoisotopic (exact) mass is 226 g/mol. The van der Waals surface area contributed by atoms with Crippen LogP contribution in [0.25, 0.3) is 0 Å². The van der Waals surface area contributed by atoms with Crippen LogP contribution >= 0.6 is 11.6 Å². The van der Waals surface area contributed by atoms with Crippen LogP contribution in [0.4, 0.5) is 0 Å². The average Bonchev–Trinajstić information content (AvgIpc) is 2.56. The van der Waals surface area contributed by atoms with Gasteiger partial charge in [-0.05, 0) is 24.1 Å². The van der Waals surface area contributed by atoms with Gasteiger partial charge in [0.05, 0.1) is 13.2 Å². The Labute approximate surface area is 94.1 Å². The van der Waals surface area contributed by atoms with E-state index in [1.807, 2.05) is 6.92 Å². The second-order valence-corrected chi connectivity index (χ2v) is 3.92. The zero-order valence-electron chi connectivity index (χ0n) is 8.50. The smallest absolute Gasteiger partial charge is 0.494 e. The number of rotatable bonds is 3. The highest BCUT2D eigenvalue weighted by Gasteiger charge is 2.31. The fourth-order valence-electron chi connectivity index (χ4n) is 1.63. The van der Waals surface area contributed by atoms with Gasteiger partial charge in [0.25, 0.3) is 0 Å². The second kappa shape index (κ2) is 4.43. The maximum Gasteiger partial charge on any atom is 0.495 e. The van der Waals surface area contributed by atoms with Gasteiger partial charge in [0, 0.05) is 10.5 Å². The molecule has 1 N–H and O–H groups in total. The van der Waals surface area contributed by atoms with E-state index >= 15 is 0 Å². The third-order valence-corrected chi connectivity index (χ3v) is 2.52. The van der Waals surface area contributed by atoms with Crippen LogP contribution in [0.3, 0.4) is 0 Å². The van der Waals surface area contributed by atoms with Crippen molar-refractivity contribution in [2.75, 3.05) is 6.61 Å². The molecule has 1 aliphatic rings. The van der Waals surface area contributed by atoms with E-state index < -0.39 is 7.12 Å². The van der Waals surface area contributed by atoms with E-state index in [0.717, 1.165) is 12.0 Å². The molecule has 15 heavy (non-hydrogen) atoms. The molecule has 0 spiro atoms. The first-order chi connectivity index (χ1) is 7.22. The predicted molar refractivity (Wildman–Crippen MR) is 59.6 cm³/mol. The Balaban J connectivity index is 2.35. The van der Waals surface area contributed by atoms with Crippen molar-refractivity contribution in [2.45, 2.75) is 20.0 Å². The van der Waals surface area contributed by atoms with Crippen molar-refractivity contribution in [2.24, 2.45) is 0 Å². The molecule has 1 aliphatic heterocycles. The minimum atomic E-state index is -0.885. The summed E-state index contributed by atoms with van der Waals surface area (Å²) >= 11 is 5.94. The Bertz CT molecular complexity index is 370. The number of hydrogen-bond donors (Lipinski definition) is 1.